The molecule has 0 amide bonds. The van der Waals surface area contributed by atoms with Crippen molar-refractivity contribution in [2.45, 2.75) is 19.3 Å². The van der Waals surface area contributed by atoms with Crippen LogP contribution in [0, 0.1) is 0 Å². The molecule has 0 aromatic heterocycles. The van der Waals surface area contributed by atoms with Gasteiger partial charge < -0.3 is 5.73 Å². The fourth-order valence-electron chi connectivity index (χ4n) is 0.263. The quantitative estimate of drug-likeness (QED) is 0.480. The molecule has 1 unspecified atom stereocenters. The first-order valence-electron chi connectivity index (χ1n) is 2.25. The van der Waals surface area contributed by atoms with Crippen LogP contribution in [0.2, 0.25) is 0 Å². The summed E-state index contributed by atoms with van der Waals surface area (Å²) in [7, 11) is 1.54. The smallest absolute Gasteiger partial charge is 0.165 e. The van der Waals surface area contributed by atoms with Crippen LogP contribution < -0.4 is 11.1 Å². The number of nitrogens with one attached hydrogen (secondary N) is 1. The molecule has 2 nitrogen and oxygen atoms in total. The van der Waals surface area contributed by atoms with E-state index in [4.69, 9.17) is 5.73 Å². The van der Waals surface area contributed by atoms with Gasteiger partial charge in [-0.25, -0.2) is 4.39 Å². The van der Waals surface area contributed by atoms with Crippen molar-refractivity contribution in [2.75, 3.05) is 7.05 Å². The molecule has 0 radical (unpaired) electrons. The van der Waals surface area contributed by atoms with Crippen LogP contribution in [0.15, 0.2) is 0 Å². The molecule has 3 N–H and O–H groups in total. The van der Waals surface area contributed by atoms with E-state index < -0.39 is 12.3 Å². The van der Waals surface area contributed by atoms with Crippen LogP contribution in [0.4, 0.5) is 4.39 Å². The standard InChI is InChI=1S/C4H11FN2/c1-3(6)4(5)7-2/h3-4,7H,6H2,1-2H3/t3?,4-/m0/s1. The van der Waals surface area contributed by atoms with Crippen LogP contribution >= 0.6 is 0 Å². The van der Waals surface area contributed by atoms with Gasteiger partial charge in [0.05, 0.1) is 0 Å². The number of hydrogen-bond acceptors (Lipinski definition) is 2. The Hall–Kier alpha value is -0.150. The summed E-state index contributed by atoms with van der Waals surface area (Å²) in [6.45, 7) is 1.61. The highest BCUT2D eigenvalue weighted by Crippen LogP contribution is 1.86. The lowest BCUT2D eigenvalue weighted by molar-refractivity contribution is 0.254. The highest BCUT2D eigenvalue weighted by atomic mass is 19.1. The molecule has 44 valence electrons. The third-order valence-electron chi connectivity index (χ3n) is 0.737. The van der Waals surface area contributed by atoms with Crippen LogP contribution in [-0.2, 0) is 0 Å². The number of nitrogens with two attached hydrogens (primary N) is 1. The molecule has 3 heteroatoms. The average Bonchev–Trinajstić information content (AvgIpc) is 1.65. The minimum Gasteiger partial charge on any atom is -0.324 e. The number of likely N-dealkylation sites (N-methyl/N-ethyl adjacent to an activating group) is 1. The van der Waals surface area contributed by atoms with Gasteiger partial charge in [0, 0.05) is 6.04 Å². The van der Waals surface area contributed by atoms with E-state index in [9.17, 15) is 4.39 Å². The summed E-state index contributed by atoms with van der Waals surface area (Å²) in [4.78, 5) is 0. The van der Waals surface area contributed by atoms with E-state index >= 15 is 0 Å². The number of rotatable bonds is 2. The third kappa shape index (κ3) is 2.53. The summed E-state index contributed by atoms with van der Waals surface area (Å²) >= 11 is 0. The monoisotopic (exact) mass is 106 g/mol. The molecule has 0 saturated heterocycles. The maximum Gasteiger partial charge on any atom is 0.165 e. The summed E-state index contributed by atoms with van der Waals surface area (Å²) < 4.78 is 12.0. The van der Waals surface area contributed by atoms with Crippen molar-refractivity contribution in [1.82, 2.24) is 5.32 Å². The van der Waals surface area contributed by atoms with E-state index in [1.54, 1.807) is 6.92 Å². The average molecular weight is 106 g/mol. The van der Waals surface area contributed by atoms with E-state index in [0.29, 0.717) is 0 Å². The van der Waals surface area contributed by atoms with Crippen molar-refractivity contribution in [3.63, 3.8) is 0 Å². The van der Waals surface area contributed by atoms with Crippen molar-refractivity contribution < 1.29 is 4.39 Å². The maximum absolute atomic E-state index is 12.0. The van der Waals surface area contributed by atoms with Crippen LogP contribution in [-0.4, -0.2) is 19.4 Å². The Morgan fingerprint density at radius 3 is 2.14 bits per heavy atom. The fourth-order valence-corrected chi connectivity index (χ4v) is 0.263. The Bertz CT molecular complexity index is 47.0. The van der Waals surface area contributed by atoms with Crippen LogP contribution in [0.1, 0.15) is 6.92 Å². The minimum absolute atomic E-state index is 0.412. The molecule has 0 aliphatic rings. The van der Waals surface area contributed by atoms with Gasteiger partial charge in [-0.3, -0.25) is 5.32 Å². The van der Waals surface area contributed by atoms with Gasteiger partial charge in [-0.15, -0.1) is 0 Å². The lowest BCUT2D eigenvalue weighted by Crippen LogP contribution is -2.37. The second-order valence-corrected chi connectivity index (χ2v) is 1.55. The lowest BCUT2D eigenvalue weighted by Gasteiger charge is -2.08. The van der Waals surface area contributed by atoms with E-state index in [-0.39, 0.29) is 0 Å². The van der Waals surface area contributed by atoms with Crippen molar-refractivity contribution in [3.05, 3.63) is 0 Å². The molecule has 0 heterocycles. The number of halogens is 1. The molecule has 2 atom stereocenters. The Kier molecular flexibility index (Phi) is 2.87. The van der Waals surface area contributed by atoms with Crippen molar-refractivity contribution >= 4 is 0 Å². The Morgan fingerprint density at radius 1 is 1.71 bits per heavy atom. The van der Waals surface area contributed by atoms with Crippen molar-refractivity contribution in [3.8, 4) is 0 Å². The second-order valence-electron chi connectivity index (χ2n) is 1.55. The van der Waals surface area contributed by atoms with Gasteiger partial charge in [0.2, 0.25) is 0 Å². The van der Waals surface area contributed by atoms with Crippen LogP contribution in [0.25, 0.3) is 0 Å². The van der Waals surface area contributed by atoms with Gasteiger partial charge in [0.1, 0.15) is 0 Å². The minimum atomic E-state index is -1.07. The number of alkyl halides is 1. The highest BCUT2D eigenvalue weighted by molar-refractivity contribution is 4.60. The first-order valence-corrected chi connectivity index (χ1v) is 2.25. The fraction of sp³-hybridized carbons (Fsp3) is 1.00. The predicted molar refractivity (Wildman–Crippen MR) is 27.6 cm³/mol. The topological polar surface area (TPSA) is 38.0 Å². The summed E-state index contributed by atoms with van der Waals surface area (Å²) in [5.41, 5.74) is 5.11. The Balaban J connectivity index is 3.14. The molecular formula is C4H11FN2. The molecule has 0 spiro atoms. The van der Waals surface area contributed by atoms with Gasteiger partial charge in [0.25, 0.3) is 0 Å². The second kappa shape index (κ2) is 2.93. The molecule has 0 aromatic rings. The predicted octanol–water partition coefficient (Wildman–Crippen LogP) is -0.151. The number of hydrogen-bond donors (Lipinski definition) is 2. The molecule has 0 saturated carbocycles. The molecule has 0 bridgehead atoms. The Labute approximate surface area is 42.9 Å². The lowest BCUT2D eigenvalue weighted by atomic mass is 10.3. The molecule has 0 aromatic carbocycles. The first-order chi connectivity index (χ1) is 3.18. The van der Waals surface area contributed by atoms with Gasteiger partial charge in [-0.1, -0.05) is 0 Å². The molecular weight excluding hydrogens is 95.1 g/mol. The summed E-state index contributed by atoms with van der Waals surface area (Å²) in [5, 5.41) is 2.37. The third-order valence-corrected chi connectivity index (χ3v) is 0.737. The van der Waals surface area contributed by atoms with Gasteiger partial charge in [-0.05, 0) is 14.0 Å². The first kappa shape index (κ1) is 6.85. The summed E-state index contributed by atoms with van der Waals surface area (Å²) in [6, 6.07) is -0.412. The van der Waals surface area contributed by atoms with Crippen LogP contribution in [0.3, 0.4) is 0 Å². The maximum atomic E-state index is 12.0. The van der Waals surface area contributed by atoms with E-state index in [2.05, 4.69) is 5.32 Å². The van der Waals surface area contributed by atoms with Gasteiger partial charge >= 0.3 is 0 Å². The molecule has 7 heavy (non-hydrogen) atoms. The molecule has 0 rings (SSSR count). The van der Waals surface area contributed by atoms with Gasteiger partial charge in [0.15, 0.2) is 6.30 Å². The Morgan fingerprint density at radius 2 is 2.14 bits per heavy atom. The zero-order chi connectivity index (χ0) is 5.86. The van der Waals surface area contributed by atoms with E-state index in [1.807, 2.05) is 0 Å². The largest absolute Gasteiger partial charge is 0.324 e. The normalized spacial score (nSPS) is 18.9. The summed E-state index contributed by atoms with van der Waals surface area (Å²) in [5.74, 6) is 0. The SMILES string of the molecule is CN[C@H](F)C(C)N. The zero-order valence-electron chi connectivity index (χ0n) is 4.61. The van der Waals surface area contributed by atoms with Crippen molar-refractivity contribution in [2.24, 2.45) is 5.73 Å². The molecule has 0 fully saturated rings. The summed E-state index contributed by atoms with van der Waals surface area (Å²) in [6.07, 6.45) is -1.07. The highest BCUT2D eigenvalue weighted by Gasteiger charge is 2.05. The molecule has 0 aliphatic heterocycles. The zero-order valence-corrected chi connectivity index (χ0v) is 4.61. The van der Waals surface area contributed by atoms with E-state index in [0.717, 1.165) is 0 Å². The van der Waals surface area contributed by atoms with Gasteiger partial charge in [-0.2, -0.15) is 0 Å². The van der Waals surface area contributed by atoms with E-state index in [1.165, 1.54) is 7.05 Å². The van der Waals surface area contributed by atoms with Crippen molar-refractivity contribution in [1.29, 1.82) is 0 Å². The molecule has 0 aliphatic carbocycles. The van der Waals surface area contributed by atoms with Crippen LogP contribution in [0.5, 0.6) is 0 Å².